The fourth-order valence-corrected chi connectivity index (χ4v) is 2.36. The Balaban J connectivity index is 1.90. The minimum absolute atomic E-state index is 0.193. The summed E-state index contributed by atoms with van der Waals surface area (Å²) in [7, 11) is 0. The van der Waals surface area contributed by atoms with Gasteiger partial charge in [-0.3, -0.25) is 0 Å². The van der Waals surface area contributed by atoms with Crippen LogP contribution < -0.4 is 4.74 Å². The minimum Gasteiger partial charge on any atom is -0.491 e. The maximum Gasteiger partial charge on any atom is 0.212 e. The summed E-state index contributed by atoms with van der Waals surface area (Å²) in [6, 6.07) is 7.97. The maximum atomic E-state index is 5.61. The summed E-state index contributed by atoms with van der Waals surface area (Å²) in [4.78, 5) is 5.42. The van der Waals surface area contributed by atoms with Gasteiger partial charge in [0, 0.05) is 5.56 Å². The zero-order valence-corrected chi connectivity index (χ0v) is 11.0. The standard InChI is InChI=1S/C13H13N3OS/c1-9(2)17-11-5-3-10(4-6-11)12-7-16-13(15-12)18-8-14-16/h3-9H,1-2H3. The highest BCUT2D eigenvalue weighted by Gasteiger charge is 2.06. The highest BCUT2D eigenvalue weighted by atomic mass is 32.1. The average Bonchev–Trinajstić information content (AvgIpc) is 2.89. The van der Waals surface area contributed by atoms with Gasteiger partial charge in [-0.05, 0) is 38.1 Å². The number of fused-ring (bicyclic) bond motifs is 1. The van der Waals surface area contributed by atoms with Crippen molar-refractivity contribution in [1.29, 1.82) is 0 Å². The number of ether oxygens (including phenoxy) is 1. The van der Waals surface area contributed by atoms with E-state index in [4.69, 9.17) is 4.74 Å². The summed E-state index contributed by atoms with van der Waals surface area (Å²) >= 11 is 1.53. The zero-order chi connectivity index (χ0) is 12.5. The van der Waals surface area contributed by atoms with Crippen LogP contribution in [0.3, 0.4) is 0 Å². The van der Waals surface area contributed by atoms with Crippen molar-refractivity contribution in [2.24, 2.45) is 0 Å². The van der Waals surface area contributed by atoms with Crippen molar-refractivity contribution >= 4 is 16.3 Å². The van der Waals surface area contributed by atoms with Crippen molar-refractivity contribution in [3.05, 3.63) is 36.0 Å². The first kappa shape index (κ1) is 11.2. The largest absolute Gasteiger partial charge is 0.491 e. The first-order chi connectivity index (χ1) is 8.72. The van der Waals surface area contributed by atoms with Gasteiger partial charge in [-0.25, -0.2) is 9.50 Å². The van der Waals surface area contributed by atoms with E-state index in [0.717, 1.165) is 22.0 Å². The molecule has 1 aromatic carbocycles. The van der Waals surface area contributed by atoms with Crippen molar-refractivity contribution in [2.75, 3.05) is 0 Å². The Kier molecular flexibility index (Phi) is 2.76. The highest BCUT2D eigenvalue weighted by molar-refractivity contribution is 7.14. The van der Waals surface area contributed by atoms with Crippen LogP contribution in [0.2, 0.25) is 0 Å². The van der Waals surface area contributed by atoms with Crippen LogP contribution in [0.5, 0.6) is 5.75 Å². The summed E-state index contributed by atoms with van der Waals surface area (Å²) in [6.45, 7) is 4.03. The zero-order valence-electron chi connectivity index (χ0n) is 10.2. The van der Waals surface area contributed by atoms with E-state index in [0.29, 0.717) is 0 Å². The predicted molar refractivity (Wildman–Crippen MR) is 72.1 cm³/mol. The molecule has 2 aromatic heterocycles. The average molecular weight is 259 g/mol. The molecule has 0 N–H and O–H groups in total. The van der Waals surface area contributed by atoms with E-state index >= 15 is 0 Å². The van der Waals surface area contributed by atoms with Gasteiger partial charge in [0.25, 0.3) is 0 Å². The second-order valence-corrected chi connectivity index (χ2v) is 5.09. The van der Waals surface area contributed by atoms with Gasteiger partial charge < -0.3 is 4.74 Å². The number of hydrogen-bond donors (Lipinski definition) is 0. The third kappa shape index (κ3) is 2.09. The number of hydrogen-bond acceptors (Lipinski definition) is 4. The van der Waals surface area contributed by atoms with E-state index in [-0.39, 0.29) is 6.10 Å². The smallest absolute Gasteiger partial charge is 0.212 e. The van der Waals surface area contributed by atoms with E-state index < -0.39 is 0 Å². The van der Waals surface area contributed by atoms with Crippen molar-refractivity contribution in [1.82, 2.24) is 14.6 Å². The van der Waals surface area contributed by atoms with E-state index in [9.17, 15) is 0 Å². The Morgan fingerprint density at radius 2 is 2.00 bits per heavy atom. The van der Waals surface area contributed by atoms with Crippen molar-refractivity contribution in [3.8, 4) is 17.0 Å². The molecule has 0 aliphatic heterocycles. The van der Waals surface area contributed by atoms with E-state index in [1.807, 2.05) is 44.3 Å². The molecule has 0 fully saturated rings. The van der Waals surface area contributed by atoms with Gasteiger partial charge in [0.15, 0.2) is 0 Å². The van der Waals surface area contributed by atoms with Crippen molar-refractivity contribution in [2.45, 2.75) is 20.0 Å². The molecule has 3 rings (SSSR count). The highest BCUT2D eigenvalue weighted by Crippen LogP contribution is 2.23. The SMILES string of the molecule is CC(C)Oc1ccc(-c2cn3ncsc3n2)cc1. The minimum atomic E-state index is 0.193. The lowest BCUT2D eigenvalue weighted by atomic mass is 10.1. The van der Waals surface area contributed by atoms with E-state index in [1.54, 1.807) is 10.0 Å². The van der Waals surface area contributed by atoms with Gasteiger partial charge in [0.1, 0.15) is 11.3 Å². The lowest BCUT2D eigenvalue weighted by Crippen LogP contribution is -2.05. The third-order valence-electron chi connectivity index (χ3n) is 2.51. The number of nitrogens with zero attached hydrogens (tertiary/aromatic N) is 3. The Morgan fingerprint density at radius 1 is 1.22 bits per heavy atom. The van der Waals surface area contributed by atoms with Crippen molar-refractivity contribution < 1.29 is 4.74 Å². The molecule has 0 amide bonds. The molecular weight excluding hydrogens is 246 g/mol. The first-order valence-electron chi connectivity index (χ1n) is 5.78. The molecule has 2 heterocycles. The first-order valence-corrected chi connectivity index (χ1v) is 6.66. The molecule has 0 saturated heterocycles. The molecule has 0 bridgehead atoms. The summed E-state index contributed by atoms with van der Waals surface area (Å²) in [5.74, 6) is 0.882. The third-order valence-corrected chi connectivity index (χ3v) is 3.20. The topological polar surface area (TPSA) is 39.4 Å². The molecular formula is C13H13N3OS. The van der Waals surface area contributed by atoms with Gasteiger partial charge >= 0.3 is 0 Å². The van der Waals surface area contributed by atoms with Gasteiger partial charge in [-0.15, -0.1) is 0 Å². The quantitative estimate of drug-likeness (QED) is 0.725. The molecule has 0 atom stereocenters. The number of rotatable bonds is 3. The number of benzene rings is 1. The second-order valence-electron chi connectivity index (χ2n) is 4.28. The van der Waals surface area contributed by atoms with Crippen LogP contribution in [0.1, 0.15) is 13.8 Å². The molecule has 0 radical (unpaired) electrons. The van der Waals surface area contributed by atoms with Crippen LogP contribution >= 0.6 is 11.3 Å². The molecule has 0 unspecified atom stereocenters. The molecule has 92 valence electrons. The number of imidazole rings is 1. The fourth-order valence-electron chi connectivity index (χ4n) is 1.75. The van der Waals surface area contributed by atoms with Crippen LogP contribution in [0.25, 0.3) is 16.2 Å². The Bertz CT molecular complexity index is 626. The van der Waals surface area contributed by atoms with E-state index in [1.165, 1.54) is 11.3 Å². The normalized spacial score (nSPS) is 11.3. The van der Waals surface area contributed by atoms with Crippen LogP contribution in [-0.2, 0) is 0 Å². The van der Waals surface area contributed by atoms with E-state index in [2.05, 4.69) is 10.1 Å². The predicted octanol–water partition coefficient (Wildman–Crippen LogP) is 3.25. The van der Waals surface area contributed by atoms with Crippen LogP contribution in [0, 0.1) is 0 Å². The summed E-state index contributed by atoms with van der Waals surface area (Å²) < 4.78 is 7.40. The van der Waals surface area contributed by atoms with Gasteiger partial charge in [-0.1, -0.05) is 11.3 Å². The molecule has 5 heteroatoms. The Labute approximate surface area is 109 Å². The second kappa shape index (κ2) is 4.42. The monoisotopic (exact) mass is 259 g/mol. The summed E-state index contributed by atoms with van der Waals surface area (Å²) in [6.07, 6.45) is 2.13. The lowest BCUT2D eigenvalue weighted by Gasteiger charge is -2.09. The molecule has 3 aromatic rings. The fraction of sp³-hybridized carbons (Fsp3) is 0.231. The Morgan fingerprint density at radius 3 is 2.67 bits per heavy atom. The molecule has 18 heavy (non-hydrogen) atoms. The van der Waals surface area contributed by atoms with Crippen LogP contribution in [0.15, 0.2) is 36.0 Å². The molecule has 0 aliphatic carbocycles. The number of aromatic nitrogens is 3. The van der Waals surface area contributed by atoms with Gasteiger partial charge in [0.2, 0.25) is 4.96 Å². The van der Waals surface area contributed by atoms with Gasteiger partial charge in [-0.2, -0.15) is 5.10 Å². The maximum absolute atomic E-state index is 5.61. The molecule has 0 spiro atoms. The molecule has 4 nitrogen and oxygen atoms in total. The Hall–Kier alpha value is -1.88. The summed E-state index contributed by atoms with van der Waals surface area (Å²) in [5, 5.41) is 4.17. The lowest BCUT2D eigenvalue weighted by molar-refractivity contribution is 0.242. The molecule has 0 aliphatic rings. The molecule has 0 saturated carbocycles. The van der Waals surface area contributed by atoms with Crippen LogP contribution in [-0.4, -0.2) is 20.7 Å². The van der Waals surface area contributed by atoms with Crippen molar-refractivity contribution in [3.63, 3.8) is 0 Å². The van der Waals surface area contributed by atoms with Gasteiger partial charge in [0.05, 0.1) is 18.0 Å². The summed E-state index contributed by atoms with van der Waals surface area (Å²) in [5.41, 5.74) is 3.79. The van der Waals surface area contributed by atoms with Crippen LogP contribution in [0.4, 0.5) is 0 Å².